The summed E-state index contributed by atoms with van der Waals surface area (Å²) in [6.45, 7) is 11.5. The standard InChI is InChI=1S/C11H23ClO/c1-6-9(7-2)10(12)13-8-11(3,4)5/h9-10H,6-8H2,1-5H3. The highest BCUT2D eigenvalue weighted by Crippen LogP contribution is 2.22. The fourth-order valence-electron chi connectivity index (χ4n) is 1.12. The lowest BCUT2D eigenvalue weighted by atomic mass is 9.98. The Bertz CT molecular complexity index is 125. The van der Waals surface area contributed by atoms with Gasteiger partial charge in [0.05, 0.1) is 6.61 Å². The maximum absolute atomic E-state index is 6.13. The Morgan fingerprint density at radius 2 is 1.62 bits per heavy atom. The van der Waals surface area contributed by atoms with E-state index in [-0.39, 0.29) is 11.0 Å². The van der Waals surface area contributed by atoms with Crippen LogP contribution in [-0.4, -0.2) is 12.2 Å². The van der Waals surface area contributed by atoms with E-state index in [2.05, 4.69) is 34.6 Å². The van der Waals surface area contributed by atoms with Crippen molar-refractivity contribution in [1.29, 1.82) is 0 Å². The van der Waals surface area contributed by atoms with E-state index in [4.69, 9.17) is 16.3 Å². The molecule has 0 fully saturated rings. The van der Waals surface area contributed by atoms with Crippen molar-refractivity contribution < 1.29 is 4.74 Å². The maximum atomic E-state index is 6.13. The topological polar surface area (TPSA) is 9.23 Å². The molecule has 0 heterocycles. The Balaban J connectivity index is 3.78. The molecule has 0 radical (unpaired) electrons. The average molecular weight is 207 g/mol. The molecule has 13 heavy (non-hydrogen) atoms. The van der Waals surface area contributed by atoms with Crippen LogP contribution in [0.1, 0.15) is 47.5 Å². The van der Waals surface area contributed by atoms with Crippen LogP contribution in [-0.2, 0) is 4.74 Å². The van der Waals surface area contributed by atoms with Gasteiger partial charge in [0.2, 0.25) is 0 Å². The normalized spacial score (nSPS) is 15.0. The predicted molar refractivity (Wildman–Crippen MR) is 59.1 cm³/mol. The first-order valence-corrected chi connectivity index (χ1v) is 5.60. The lowest BCUT2D eigenvalue weighted by Crippen LogP contribution is -2.23. The van der Waals surface area contributed by atoms with E-state index in [1.165, 1.54) is 0 Å². The minimum absolute atomic E-state index is 0.116. The summed E-state index contributed by atoms with van der Waals surface area (Å²) in [4.78, 5) is 0. The van der Waals surface area contributed by atoms with Crippen molar-refractivity contribution in [2.24, 2.45) is 11.3 Å². The molecule has 0 aliphatic rings. The van der Waals surface area contributed by atoms with E-state index in [9.17, 15) is 0 Å². The summed E-state index contributed by atoms with van der Waals surface area (Å²) in [5, 5.41) is 0. The van der Waals surface area contributed by atoms with Gasteiger partial charge in [0, 0.05) is 0 Å². The van der Waals surface area contributed by atoms with Crippen LogP contribution >= 0.6 is 11.6 Å². The van der Waals surface area contributed by atoms with Crippen LogP contribution in [0.4, 0.5) is 0 Å². The van der Waals surface area contributed by atoms with Crippen molar-refractivity contribution in [2.75, 3.05) is 6.61 Å². The zero-order valence-corrected chi connectivity index (χ0v) is 10.3. The molecule has 1 atom stereocenters. The zero-order chi connectivity index (χ0) is 10.5. The van der Waals surface area contributed by atoms with Crippen LogP contribution in [0.3, 0.4) is 0 Å². The summed E-state index contributed by atoms with van der Waals surface area (Å²) in [6.07, 6.45) is 2.18. The molecule has 0 saturated carbocycles. The van der Waals surface area contributed by atoms with Gasteiger partial charge < -0.3 is 4.74 Å². The molecule has 0 rings (SSSR count). The number of halogens is 1. The number of hydrogen-bond donors (Lipinski definition) is 0. The fourth-order valence-corrected chi connectivity index (χ4v) is 1.54. The van der Waals surface area contributed by atoms with E-state index in [1.54, 1.807) is 0 Å². The summed E-state index contributed by atoms with van der Waals surface area (Å²) >= 11 is 6.13. The lowest BCUT2D eigenvalue weighted by molar-refractivity contribution is 0.0205. The molecule has 0 N–H and O–H groups in total. The molecule has 0 aromatic heterocycles. The first-order chi connectivity index (χ1) is 5.90. The van der Waals surface area contributed by atoms with Crippen molar-refractivity contribution in [3.05, 3.63) is 0 Å². The van der Waals surface area contributed by atoms with Gasteiger partial charge >= 0.3 is 0 Å². The van der Waals surface area contributed by atoms with E-state index < -0.39 is 0 Å². The summed E-state index contributed by atoms with van der Waals surface area (Å²) in [6, 6.07) is 0. The molecule has 0 amide bonds. The molecule has 0 aliphatic heterocycles. The monoisotopic (exact) mass is 206 g/mol. The highest BCUT2D eigenvalue weighted by molar-refractivity contribution is 6.19. The van der Waals surface area contributed by atoms with Crippen molar-refractivity contribution >= 4 is 11.6 Å². The summed E-state index contributed by atoms with van der Waals surface area (Å²) in [5.41, 5.74) is 0.0911. The Morgan fingerprint density at radius 3 is 1.92 bits per heavy atom. The van der Waals surface area contributed by atoms with Crippen LogP contribution in [0.5, 0.6) is 0 Å². The molecule has 0 aliphatic carbocycles. The van der Waals surface area contributed by atoms with Gasteiger partial charge in [-0.1, -0.05) is 46.2 Å². The maximum Gasteiger partial charge on any atom is 0.133 e. The highest BCUT2D eigenvalue weighted by Gasteiger charge is 2.19. The molecule has 0 bridgehead atoms. The van der Waals surface area contributed by atoms with Gasteiger partial charge in [-0.05, 0) is 24.2 Å². The van der Waals surface area contributed by atoms with Crippen LogP contribution in [0, 0.1) is 11.3 Å². The molecule has 80 valence electrons. The van der Waals surface area contributed by atoms with Gasteiger partial charge in [0.25, 0.3) is 0 Å². The zero-order valence-electron chi connectivity index (χ0n) is 9.56. The Hall–Kier alpha value is 0.250. The second-order valence-electron chi connectivity index (χ2n) is 4.80. The summed E-state index contributed by atoms with van der Waals surface area (Å²) in [7, 11) is 0. The summed E-state index contributed by atoms with van der Waals surface area (Å²) < 4.78 is 5.62. The van der Waals surface area contributed by atoms with Crippen LogP contribution in [0.15, 0.2) is 0 Å². The van der Waals surface area contributed by atoms with Gasteiger partial charge in [-0.2, -0.15) is 0 Å². The Labute approximate surface area is 87.8 Å². The minimum Gasteiger partial charge on any atom is -0.362 e. The second-order valence-corrected chi connectivity index (χ2v) is 5.23. The van der Waals surface area contributed by atoms with Crippen molar-refractivity contribution in [3.8, 4) is 0 Å². The number of rotatable bonds is 5. The second kappa shape index (κ2) is 5.87. The van der Waals surface area contributed by atoms with Gasteiger partial charge in [-0.25, -0.2) is 0 Å². The third-order valence-corrected chi connectivity index (χ3v) is 2.58. The van der Waals surface area contributed by atoms with Gasteiger partial charge in [-0.3, -0.25) is 0 Å². The number of alkyl halides is 1. The number of hydrogen-bond acceptors (Lipinski definition) is 1. The number of ether oxygens (including phenoxy) is 1. The molecule has 2 heteroatoms. The first kappa shape index (κ1) is 13.2. The smallest absolute Gasteiger partial charge is 0.133 e. The molecule has 0 spiro atoms. The summed E-state index contributed by atoms with van der Waals surface area (Å²) in [5.74, 6) is 0.490. The van der Waals surface area contributed by atoms with Crippen molar-refractivity contribution in [3.63, 3.8) is 0 Å². The molecule has 0 aromatic carbocycles. The van der Waals surface area contributed by atoms with E-state index >= 15 is 0 Å². The highest BCUT2D eigenvalue weighted by atomic mass is 35.5. The quantitative estimate of drug-likeness (QED) is 0.617. The Kier molecular flexibility index (Phi) is 5.98. The van der Waals surface area contributed by atoms with Gasteiger partial charge in [-0.15, -0.1) is 0 Å². The third-order valence-electron chi connectivity index (χ3n) is 2.09. The average Bonchev–Trinajstić information content (AvgIpc) is 2.02. The Morgan fingerprint density at radius 1 is 1.15 bits per heavy atom. The SMILES string of the molecule is CCC(CC)C(Cl)OCC(C)(C)C. The van der Waals surface area contributed by atoms with Gasteiger partial charge in [0.15, 0.2) is 0 Å². The van der Waals surface area contributed by atoms with Crippen LogP contribution in [0.2, 0.25) is 0 Å². The van der Waals surface area contributed by atoms with Crippen LogP contribution < -0.4 is 0 Å². The van der Waals surface area contributed by atoms with Crippen molar-refractivity contribution in [1.82, 2.24) is 0 Å². The van der Waals surface area contributed by atoms with E-state index in [0.29, 0.717) is 5.92 Å². The minimum atomic E-state index is -0.116. The lowest BCUT2D eigenvalue weighted by Gasteiger charge is -2.24. The molecule has 0 saturated heterocycles. The van der Waals surface area contributed by atoms with Crippen molar-refractivity contribution in [2.45, 2.75) is 53.0 Å². The molecular formula is C11H23ClO. The largest absolute Gasteiger partial charge is 0.362 e. The predicted octanol–water partition coefficient (Wildman–Crippen LogP) is 4.05. The van der Waals surface area contributed by atoms with Gasteiger partial charge in [0.1, 0.15) is 5.56 Å². The van der Waals surface area contributed by atoms with E-state index in [1.807, 2.05) is 0 Å². The molecular weight excluding hydrogens is 184 g/mol. The van der Waals surface area contributed by atoms with Crippen LogP contribution in [0.25, 0.3) is 0 Å². The molecule has 1 nitrogen and oxygen atoms in total. The molecule has 1 unspecified atom stereocenters. The first-order valence-electron chi connectivity index (χ1n) is 5.16. The van der Waals surface area contributed by atoms with E-state index in [0.717, 1.165) is 19.4 Å². The third kappa shape index (κ3) is 6.34. The molecule has 0 aromatic rings. The fraction of sp³-hybridized carbons (Fsp3) is 1.00.